The second-order valence-corrected chi connectivity index (χ2v) is 7.05. The standard InChI is InChI=1S/C22H26N4O3/c1-5-29-22(28)18-14-20(26(24-18)17-9-7-6-8-10-17)21(27)23-16-11-12-19(25(3)4)15(2)13-16/h6-13,20H,5,14H2,1-4H3,(H,23,27). The summed E-state index contributed by atoms with van der Waals surface area (Å²) in [6.45, 7) is 4.00. The third kappa shape index (κ3) is 4.56. The van der Waals surface area contributed by atoms with Crippen molar-refractivity contribution in [1.29, 1.82) is 0 Å². The minimum absolute atomic E-state index is 0.189. The number of rotatable bonds is 6. The Morgan fingerprint density at radius 1 is 1.21 bits per heavy atom. The van der Waals surface area contributed by atoms with E-state index in [2.05, 4.69) is 10.4 Å². The lowest BCUT2D eigenvalue weighted by molar-refractivity contribution is -0.135. The molecule has 0 saturated carbocycles. The average molecular weight is 394 g/mol. The van der Waals surface area contributed by atoms with E-state index in [4.69, 9.17) is 4.74 Å². The van der Waals surface area contributed by atoms with Crippen LogP contribution in [0.4, 0.5) is 17.1 Å². The van der Waals surface area contributed by atoms with Crippen LogP contribution in [-0.4, -0.2) is 44.3 Å². The molecule has 0 aromatic heterocycles. The number of anilines is 3. The van der Waals surface area contributed by atoms with Crippen molar-refractivity contribution >= 4 is 34.7 Å². The molecule has 1 heterocycles. The summed E-state index contributed by atoms with van der Waals surface area (Å²) in [5.41, 5.74) is 3.84. The molecule has 1 aliphatic heterocycles. The molecule has 2 aromatic rings. The molecule has 7 nitrogen and oxygen atoms in total. The molecule has 152 valence electrons. The van der Waals surface area contributed by atoms with Crippen molar-refractivity contribution in [3.05, 3.63) is 54.1 Å². The summed E-state index contributed by atoms with van der Waals surface area (Å²) in [5.74, 6) is -0.719. The van der Waals surface area contributed by atoms with Crippen LogP contribution in [0.2, 0.25) is 0 Å². The zero-order chi connectivity index (χ0) is 21.0. The smallest absolute Gasteiger partial charge is 0.354 e. The van der Waals surface area contributed by atoms with Crippen LogP contribution in [0.3, 0.4) is 0 Å². The summed E-state index contributed by atoms with van der Waals surface area (Å²) in [6.07, 6.45) is 0.189. The first kappa shape index (κ1) is 20.4. The summed E-state index contributed by atoms with van der Waals surface area (Å²) < 4.78 is 5.07. The quantitative estimate of drug-likeness (QED) is 0.762. The van der Waals surface area contributed by atoms with Crippen molar-refractivity contribution in [3.8, 4) is 0 Å². The molecule has 1 unspecified atom stereocenters. The molecule has 0 spiro atoms. The number of esters is 1. The summed E-state index contributed by atoms with van der Waals surface area (Å²) in [7, 11) is 3.95. The highest BCUT2D eigenvalue weighted by molar-refractivity contribution is 6.38. The summed E-state index contributed by atoms with van der Waals surface area (Å²) >= 11 is 0. The van der Waals surface area contributed by atoms with Gasteiger partial charge in [0.05, 0.1) is 12.3 Å². The normalized spacial score (nSPS) is 15.7. The Kier molecular flexibility index (Phi) is 6.16. The maximum atomic E-state index is 13.1. The van der Waals surface area contributed by atoms with E-state index >= 15 is 0 Å². The van der Waals surface area contributed by atoms with Crippen molar-refractivity contribution < 1.29 is 14.3 Å². The number of carbonyl (C=O) groups excluding carboxylic acids is 2. The predicted octanol–water partition coefficient (Wildman–Crippen LogP) is 3.20. The second kappa shape index (κ2) is 8.77. The number of aryl methyl sites for hydroxylation is 1. The second-order valence-electron chi connectivity index (χ2n) is 7.05. The SMILES string of the molecule is CCOC(=O)C1=NN(c2ccccc2)C(C(=O)Nc2ccc(N(C)C)c(C)c2)C1. The number of hydrazone groups is 1. The lowest BCUT2D eigenvalue weighted by atomic mass is 10.1. The van der Waals surface area contributed by atoms with E-state index in [1.165, 1.54) is 0 Å². The van der Waals surface area contributed by atoms with E-state index in [0.717, 1.165) is 16.9 Å². The zero-order valence-corrected chi connectivity index (χ0v) is 17.2. The number of nitrogens with zero attached hydrogens (tertiary/aromatic N) is 3. The third-order valence-corrected chi connectivity index (χ3v) is 4.69. The Bertz CT molecular complexity index is 925. The number of carbonyl (C=O) groups is 2. The van der Waals surface area contributed by atoms with Gasteiger partial charge in [-0.25, -0.2) is 4.79 Å². The van der Waals surface area contributed by atoms with Gasteiger partial charge in [0, 0.05) is 31.9 Å². The van der Waals surface area contributed by atoms with Crippen LogP contribution in [0.5, 0.6) is 0 Å². The maximum absolute atomic E-state index is 13.1. The largest absolute Gasteiger partial charge is 0.461 e. The molecule has 0 radical (unpaired) electrons. The summed E-state index contributed by atoms with van der Waals surface area (Å²) in [5, 5.41) is 8.93. The molecule has 1 amide bonds. The van der Waals surface area contributed by atoms with Crippen molar-refractivity contribution in [1.82, 2.24) is 0 Å². The van der Waals surface area contributed by atoms with Crippen molar-refractivity contribution in [2.24, 2.45) is 5.10 Å². The highest BCUT2D eigenvalue weighted by atomic mass is 16.5. The van der Waals surface area contributed by atoms with Crippen LogP contribution in [0.1, 0.15) is 18.9 Å². The number of nitrogens with one attached hydrogen (secondary N) is 1. The number of amides is 1. The number of hydrogen-bond acceptors (Lipinski definition) is 6. The molecule has 0 fully saturated rings. The topological polar surface area (TPSA) is 74.2 Å². The Morgan fingerprint density at radius 3 is 2.55 bits per heavy atom. The average Bonchev–Trinajstić information content (AvgIpc) is 3.14. The monoisotopic (exact) mass is 394 g/mol. The predicted molar refractivity (Wildman–Crippen MR) is 116 cm³/mol. The maximum Gasteiger partial charge on any atom is 0.354 e. The highest BCUT2D eigenvalue weighted by Gasteiger charge is 2.36. The fourth-order valence-corrected chi connectivity index (χ4v) is 3.33. The van der Waals surface area contributed by atoms with Gasteiger partial charge in [-0.1, -0.05) is 18.2 Å². The Balaban J connectivity index is 1.82. The van der Waals surface area contributed by atoms with Gasteiger partial charge < -0.3 is 15.0 Å². The van der Waals surface area contributed by atoms with Gasteiger partial charge in [-0.3, -0.25) is 9.80 Å². The van der Waals surface area contributed by atoms with E-state index in [1.54, 1.807) is 11.9 Å². The van der Waals surface area contributed by atoms with Crippen molar-refractivity contribution in [3.63, 3.8) is 0 Å². The van der Waals surface area contributed by atoms with Gasteiger partial charge in [-0.2, -0.15) is 5.10 Å². The van der Waals surface area contributed by atoms with Crippen LogP contribution in [0, 0.1) is 6.92 Å². The minimum atomic E-state index is -0.634. The first-order valence-corrected chi connectivity index (χ1v) is 9.58. The fourth-order valence-electron chi connectivity index (χ4n) is 3.33. The van der Waals surface area contributed by atoms with Crippen LogP contribution < -0.4 is 15.2 Å². The molecule has 7 heteroatoms. The lowest BCUT2D eigenvalue weighted by Crippen LogP contribution is -2.38. The molecule has 1 N–H and O–H groups in total. The third-order valence-electron chi connectivity index (χ3n) is 4.69. The van der Waals surface area contributed by atoms with Gasteiger partial charge >= 0.3 is 5.97 Å². The summed E-state index contributed by atoms with van der Waals surface area (Å²) in [6, 6.07) is 14.5. The van der Waals surface area contributed by atoms with Gasteiger partial charge in [0.2, 0.25) is 5.91 Å². The molecule has 0 aliphatic carbocycles. The van der Waals surface area contributed by atoms with Crippen LogP contribution in [0.15, 0.2) is 53.6 Å². The van der Waals surface area contributed by atoms with E-state index in [0.29, 0.717) is 5.69 Å². The van der Waals surface area contributed by atoms with Gasteiger partial charge in [0.25, 0.3) is 0 Å². The molecular formula is C22H26N4O3. The molecule has 3 rings (SSSR count). The van der Waals surface area contributed by atoms with Gasteiger partial charge in [-0.15, -0.1) is 0 Å². The first-order valence-electron chi connectivity index (χ1n) is 9.58. The molecule has 29 heavy (non-hydrogen) atoms. The Morgan fingerprint density at radius 2 is 1.93 bits per heavy atom. The highest BCUT2D eigenvalue weighted by Crippen LogP contribution is 2.27. The molecule has 2 aromatic carbocycles. The first-order chi connectivity index (χ1) is 13.9. The zero-order valence-electron chi connectivity index (χ0n) is 17.2. The van der Waals surface area contributed by atoms with E-state index in [-0.39, 0.29) is 24.6 Å². The Labute approximate surface area is 171 Å². The molecule has 1 atom stereocenters. The van der Waals surface area contributed by atoms with Crippen LogP contribution in [0.25, 0.3) is 0 Å². The van der Waals surface area contributed by atoms with Crippen molar-refractivity contribution in [2.75, 3.05) is 35.9 Å². The number of benzene rings is 2. The van der Waals surface area contributed by atoms with E-state index < -0.39 is 12.0 Å². The fraction of sp³-hybridized carbons (Fsp3) is 0.318. The Hall–Kier alpha value is -3.35. The lowest BCUT2D eigenvalue weighted by Gasteiger charge is -2.23. The van der Waals surface area contributed by atoms with E-state index in [9.17, 15) is 9.59 Å². The van der Waals surface area contributed by atoms with Crippen molar-refractivity contribution in [2.45, 2.75) is 26.3 Å². The van der Waals surface area contributed by atoms with Gasteiger partial charge in [0.1, 0.15) is 11.8 Å². The minimum Gasteiger partial charge on any atom is -0.461 e. The molecular weight excluding hydrogens is 368 g/mol. The molecule has 0 saturated heterocycles. The number of para-hydroxylation sites is 1. The molecule has 1 aliphatic rings. The molecule has 0 bridgehead atoms. The van der Waals surface area contributed by atoms with Crippen LogP contribution in [-0.2, 0) is 14.3 Å². The summed E-state index contributed by atoms with van der Waals surface area (Å²) in [4.78, 5) is 27.3. The number of hydrogen-bond donors (Lipinski definition) is 1. The number of ether oxygens (including phenoxy) is 1. The van der Waals surface area contributed by atoms with Gasteiger partial charge in [0.15, 0.2) is 0 Å². The van der Waals surface area contributed by atoms with Gasteiger partial charge in [-0.05, 0) is 49.7 Å². The van der Waals surface area contributed by atoms with Crippen LogP contribution >= 0.6 is 0 Å². The van der Waals surface area contributed by atoms with E-state index in [1.807, 2.05) is 74.4 Å².